The number of esters is 1. The zero-order valence-corrected chi connectivity index (χ0v) is 10.3. The second-order valence-electron chi connectivity index (χ2n) is 3.76. The van der Waals surface area contributed by atoms with Gasteiger partial charge in [0.25, 0.3) is 5.91 Å². The third-order valence-corrected chi connectivity index (χ3v) is 2.49. The van der Waals surface area contributed by atoms with E-state index in [9.17, 15) is 9.59 Å². The van der Waals surface area contributed by atoms with Crippen LogP contribution in [0.3, 0.4) is 0 Å². The number of carbonyl (C=O) groups excluding carboxylic acids is 2. The summed E-state index contributed by atoms with van der Waals surface area (Å²) in [5.74, 6) is -0.691. The summed E-state index contributed by atoms with van der Waals surface area (Å²) in [5.41, 5.74) is 1.47. The van der Waals surface area contributed by atoms with Gasteiger partial charge >= 0.3 is 5.97 Å². The number of pyridine rings is 1. The molecule has 2 aromatic rings. The minimum Gasteiger partial charge on any atom is -0.465 e. The summed E-state index contributed by atoms with van der Waals surface area (Å²) in [7, 11) is 1.31. The predicted molar refractivity (Wildman–Crippen MR) is 70.0 cm³/mol. The first-order valence-electron chi connectivity index (χ1n) is 5.60. The van der Waals surface area contributed by atoms with Crippen molar-refractivity contribution in [2.75, 3.05) is 12.4 Å². The molecule has 0 atom stereocenters. The van der Waals surface area contributed by atoms with E-state index in [1.54, 1.807) is 48.8 Å². The molecule has 0 unspecified atom stereocenters. The number of rotatable bonds is 3. The van der Waals surface area contributed by atoms with Crippen LogP contribution in [0.5, 0.6) is 0 Å². The number of amides is 1. The molecule has 5 heteroatoms. The molecule has 0 aliphatic heterocycles. The van der Waals surface area contributed by atoms with Crippen molar-refractivity contribution in [3.63, 3.8) is 0 Å². The molecule has 5 nitrogen and oxygen atoms in total. The van der Waals surface area contributed by atoms with Gasteiger partial charge < -0.3 is 10.1 Å². The standard InChI is InChI=1S/C14H12N2O3/c1-19-14(18)11-6-4-10(5-7-11)13(17)16-12-3-2-8-15-9-12/h2-9H,1H3,(H,16,17). The summed E-state index contributed by atoms with van der Waals surface area (Å²) in [6.07, 6.45) is 3.18. The van der Waals surface area contributed by atoms with Crippen LogP contribution in [0.2, 0.25) is 0 Å². The van der Waals surface area contributed by atoms with Crippen LogP contribution >= 0.6 is 0 Å². The van der Waals surface area contributed by atoms with Gasteiger partial charge in [-0.15, -0.1) is 0 Å². The highest BCUT2D eigenvalue weighted by Gasteiger charge is 2.09. The molecule has 96 valence electrons. The van der Waals surface area contributed by atoms with E-state index in [4.69, 9.17) is 0 Å². The third kappa shape index (κ3) is 3.16. The van der Waals surface area contributed by atoms with Crippen molar-refractivity contribution in [2.24, 2.45) is 0 Å². The lowest BCUT2D eigenvalue weighted by Crippen LogP contribution is -2.12. The Morgan fingerprint density at radius 2 is 1.79 bits per heavy atom. The average Bonchev–Trinajstić information content (AvgIpc) is 2.47. The van der Waals surface area contributed by atoms with Gasteiger partial charge in [0.05, 0.1) is 24.6 Å². The van der Waals surface area contributed by atoms with Crippen molar-refractivity contribution >= 4 is 17.6 Å². The molecule has 0 spiro atoms. The SMILES string of the molecule is COC(=O)c1ccc(C(=O)Nc2cccnc2)cc1. The topological polar surface area (TPSA) is 68.3 Å². The molecular weight excluding hydrogens is 244 g/mol. The minimum atomic E-state index is -0.431. The molecule has 0 saturated carbocycles. The zero-order valence-electron chi connectivity index (χ0n) is 10.3. The van der Waals surface area contributed by atoms with Crippen molar-refractivity contribution in [3.05, 3.63) is 59.9 Å². The number of nitrogens with zero attached hydrogens (tertiary/aromatic N) is 1. The summed E-state index contributed by atoms with van der Waals surface area (Å²) in [6, 6.07) is 9.70. The Hall–Kier alpha value is -2.69. The first-order chi connectivity index (χ1) is 9.20. The van der Waals surface area contributed by atoms with Gasteiger partial charge in [0, 0.05) is 11.8 Å². The van der Waals surface area contributed by atoms with Crippen LogP contribution in [0.4, 0.5) is 5.69 Å². The Bertz CT molecular complexity index is 579. The number of hydrogen-bond donors (Lipinski definition) is 1. The molecule has 1 aromatic carbocycles. The van der Waals surface area contributed by atoms with E-state index >= 15 is 0 Å². The monoisotopic (exact) mass is 256 g/mol. The van der Waals surface area contributed by atoms with Crippen LogP contribution in [0.25, 0.3) is 0 Å². The predicted octanol–water partition coefficient (Wildman–Crippen LogP) is 2.12. The van der Waals surface area contributed by atoms with E-state index in [-0.39, 0.29) is 5.91 Å². The minimum absolute atomic E-state index is 0.260. The van der Waals surface area contributed by atoms with Crippen LogP contribution in [0.1, 0.15) is 20.7 Å². The van der Waals surface area contributed by atoms with Gasteiger partial charge in [0.15, 0.2) is 0 Å². The summed E-state index contributed by atoms with van der Waals surface area (Å²) in [6.45, 7) is 0. The maximum absolute atomic E-state index is 11.9. The van der Waals surface area contributed by atoms with E-state index in [0.717, 1.165) is 0 Å². The summed E-state index contributed by atoms with van der Waals surface area (Å²) >= 11 is 0. The normalized spacial score (nSPS) is 9.74. The molecule has 0 aliphatic rings. The quantitative estimate of drug-likeness (QED) is 0.854. The summed E-state index contributed by atoms with van der Waals surface area (Å²) in [4.78, 5) is 27.1. The van der Waals surface area contributed by atoms with Gasteiger partial charge in [-0.1, -0.05) is 0 Å². The summed E-state index contributed by atoms with van der Waals surface area (Å²) in [5, 5.41) is 2.70. The maximum atomic E-state index is 11.9. The van der Waals surface area contributed by atoms with Crippen LogP contribution in [0.15, 0.2) is 48.8 Å². The third-order valence-electron chi connectivity index (χ3n) is 2.49. The fraction of sp³-hybridized carbons (Fsp3) is 0.0714. The smallest absolute Gasteiger partial charge is 0.337 e. The largest absolute Gasteiger partial charge is 0.465 e. The molecule has 1 N–H and O–H groups in total. The highest BCUT2D eigenvalue weighted by atomic mass is 16.5. The van der Waals surface area contributed by atoms with E-state index in [1.165, 1.54) is 7.11 Å². The number of carbonyl (C=O) groups is 2. The number of nitrogens with one attached hydrogen (secondary N) is 1. The lowest BCUT2D eigenvalue weighted by atomic mass is 10.1. The van der Waals surface area contributed by atoms with Crippen molar-refractivity contribution < 1.29 is 14.3 Å². The van der Waals surface area contributed by atoms with Crippen LogP contribution in [-0.4, -0.2) is 24.0 Å². The van der Waals surface area contributed by atoms with Gasteiger partial charge in [0.1, 0.15) is 0 Å². The molecule has 1 amide bonds. The van der Waals surface area contributed by atoms with E-state index < -0.39 is 5.97 Å². The fourth-order valence-corrected chi connectivity index (χ4v) is 1.52. The molecule has 0 saturated heterocycles. The van der Waals surface area contributed by atoms with Gasteiger partial charge in [-0.05, 0) is 36.4 Å². The Kier molecular flexibility index (Phi) is 3.87. The van der Waals surface area contributed by atoms with E-state index in [2.05, 4.69) is 15.0 Å². The van der Waals surface area contributed by atoms with Crippen molar-refractivity contribution in [1.82, 2.24) is 4.98 Å². The second kappa shape index (κ2) is 5.77. The Morgan fingerprint density at radius 1 is 1.11 bits per heavy atom. The Morgan fingerprint density at radius 3 is 2.37 bits per heavy atom. The second-order valence-corrected chi connectivity index (χ2v) is 3.76. The molecule has 0 bridgehead atoms. The number of aromatic nitrogens is 1. The first kappa shape index (κ1) is 12.8. The molecule has 1 heterocycles. The van der Waals surface area contributed by atoms with Gasteiger partial charge in [-0.2, -0.15) is 0 Å². The summed E-state index contributed by atoms with van der Waals surface area (Å²) < 4.78 is 4.58. The van der Waals surface area contributed by atoms with Crippen molar-refractivity contribution in [3.8, 4) is 0 Å². The molecular formula is C14H12N2O3. The molecule has 2 rings (SSSR count). The molecule has 0 fully saturated rings. The van der Waals surface area contributed by atoms with Gasteiger partial charge in [-0.3, -0.25) is 9.78 Å². The zero-order chi connectivity index (χ0) is 13.7. The maximum Gasteiger partial charge on any atom is 0.337 e. The number of ether oxygens (including phenoxy) is 1. The highest BCUT2D eigenvalue weighted by Crippen LogP contribution is 2.09. The Labute approximate surface area is 110 Å². The lowest BCUT2D eigenvalue weighted by molar-refractivity contribution is 0.0600. The van der Waals surface area contributed by atoms with Crippen LogP contribution in [-0.2, 0) is 4.74 Å². The highest BCUT2D eigenvalue weighted by molar-refractivity contribution is 6.04. The van der Waals surface area contributed by atoms with Gasteiger partial charge in [0.2, 0.25) is 0 Å². The fourth-order valence-electron chi connectivity index (χ4n) is 1.52. The van der Waals surface area contributed by atoms with E-state index in [0.29, 0.717) is 16.8 Å². The van der Waals surface area contributed by atoms with Crippen LogP contribution < -0.4 is 5.32 Å². The Balaban J connectivity index is 2.10. The van der Waals surface area contributed by atoms with Crippen molar-refractivity contribution in [2.45, 2.75) is 0 Å². The molecule has 1 aromatic heterocycles. The van der Waals surface area contributed by atoms with Gasteiger partial charge in [-0.25, -0.2) is 4.79 Å². The number of benzene rings is 1. The number of methoxy groups -OCH3 is 1. The molecule has 19 heavy (non-hydrogen) atoms. The molecule has 0 radical (unpaired) electrons. The molecule has 0 aliphatic carbocycles. The number of hydrogen-bond acceptors (Lipinski definition) is 4. The lowest BCUT2D eigenvalue weighted by Gasteiger charge is -2.05. The number of anilines is 1. The van der Waals surface area contributed by atoms with E-state index in [1.807, 2.05) is 0 Å². The van der Waals surface area contributed by atoms with Crippen molar-refractivity contribution in [1.29, 1.82) is 0 Å². The van der Waals surface area contributed by atoms with Crippen LogP contribution in [0, 0.1) is 0 Å². The first-order valence-corrected chi connectivity index (χ1v) is 5.60. The average molecular weight is 256 g/mol.